The Morgan fingerprint density at radius 1 is 0.506 bits per heavy atom. The number of para-hydroxylation sites is 1. The van der Waals surface area contributed by atoms with E-state index in [1.165, 1.54) is 24.8 Å². The lowest BCUT2D eigenvalue weighted by atomic mass is 9.83. The number of carbonyl (C=O) groups is 3. The van der Waals surface area contributed by atoms with Gasteiger partial charge in [-0.3, -0.25) is 14.4 Å². The number of unbranched alkanes of at least 4 members (excludes halogenated alkanes) is 6. The molecule has 2 aromatic carbocycles. The molecular weight excluding hydrogens is 1000 g/mol. The van der Waals surface area contributed by atoms with Crippen molar-refractivity contribution < 1.29 is 65.1 Å². The molecule has 0 unspecified atom stereocenters. The van der Waals surface area contributed by atoms with Crippen LogP contribution in [0, 0.1) is 41.4 Å². The van der Waals surface area contributed by atoms with Crippen LogP contribution < -0.4 is 4.74 Å². The van der Waals surface area contributed by atoms with Crippen LogP contribution in [0.2, 0.25) is 0 Å². The minimum absolute atomic E-state index is 0.104. The summed E-state index contributed by atoms with van der Waals surface area (Å²) in [5.74, 6) is -0.167. The first-order valence-corrected chi connectivity index (χ1v) is 30.5. The molecule has 0 saturated heterocycles. The van der Waals surface area contributed by atoms with Crippen LogP contribution in [-0.2, 0) is 20.8 Å². The number of aryl methyl sites for hydroxylation is 1. The molecule has 13 nitrogen and oxygen atoms in total. The maximum absolute atomic E-state index is 12.2. The van der Waals surface area contributed by atoms with Gasteiger partial charge in [-0.2, -0.15) is 0 Å². The highest BCUT2D eigenvalue weighted by Gasteiger charge is 2.43. The van der Waals surface area contributed by atoms with Gasteiger partial charge in [0.1, 0.15) is 35.8 Å². The number of aliphatic hydroxyl groups excluding tert-OH is 9. The number of hydrogen-bond donors (Lipinski definition) is 9. The van der Waals surface area contributed by atoms with E-state index in [0.29, 0.717) is 63.0 Å². The third-order valence-electron chi connectivity index (χ3n) is 16.8. The van der Waals surface area contributed by atoms with Crippen LogP contribution in [0.4, 0.5) is 0 Å². The van der Waals surface area contributed by atoms with Crippen LogP contribution in [0.25, 0.3) is 0 Å². The van der Waals surface area contributed by atoms with Gasteiger partial charge < -0.3 is 50.7 Å². The van der Waals surface area contributed by atoms with Crippen molar-refractivity contribution in [2.45, 2.75) is 236 Å². The highest BCUT2D eigenvalue weighted by atomic mass is 16.5. The third kappa shape index (κ3) is 25.0. The van der Waals surface area contributed by atoms with E-state index in [-0.39, 0.29) is 72.3 Å². The molecule has 15 atom stereocenters. The Morgan fingerprint density at radius 3 is 1.32 bits per heavy atom. The summed E-state index contributed by atoms with van der Waals surface area (Å²) < 4.78 is 5.51. The number of ketones is 3. The fourth-order valence-electron chi connectivity index (χ4n) is 12.0. The Balaban J connectivity index is 0.000000256. The van der Waals surface area contributed by atoms with E-state index >= 15 is 0 Å². The molecule has 9 N–H and O–H groups in total. The molecule has 0 bridgehead atoms. The second-order valence-electron chi connectivity index (χ2n) is 23.3. The van der Waals surface area contributed by atoms with Gasteiger partial charge >= 0.3 is 0 Å². The highest BCUT2D eigenvalue weighted by Crippen LogP contribution is 2.39. The normalized spacial score (nSPS) is 28.3. The molecule has 0 aliphatic heterocycles. The fraction of sp³-hybridized carbons (Fsp3) is 0.682. The number of ether oxygens (including phenoxy) is 1. The zero-order chi connectivity index (χ0) is 57.5. The molecule has 0 spiro atoms. The molecule has 4 aliphatic rings. The van der Waals surface area contributed by atoms with Gasteiger partial charge in [0.2, 0.25) is 0 Å². The van der Waals surface area contributed by atoms with Crippen molar-refractivity contribution in [3.63, 3.8) is 0 Å². The maximum atomic E-state index is 12.2. The first-order valence-electron chi connectivity index (χ1n) is 30.5. The van der Waals surface area contributed by atoms with Crippen molar-refractivity contribution in [3.8, 4) is 5.75 Å². The van der Waals surface area contributed by atoms with E-state index in [2.05, 4.69) is 20.8 Å². The molecule has 6 rings (SSSR count). The number of hydrogen-bond acceptors (Lipinski definition) is 13. The van der Waals surface area contributed by atoms with Crippen LogP contribution in [0.5, 0.6) is 5.75 Å². The van der Waals surface area contributed by atoms with Crippen molar-refractivity contribution in [1.82, 2.24) is 0 Å². The van der Waals surface area contributed by atoms with Gasteiger partial charge in [0.15, 0.2) is 0 Å². The largest absolute Gasteiger partial charge is 0.491 e. The van der Waals surface area contributed by atoms with E-state index in [4.69, 9.17) is 4.74 Å². The van der Waals surface area contributed by atoms with Crippen LogP contribution in [0.3, 0.4) is 0 Å². The summed E-state index contributed by atoms with van der Waals surface area (Å²) >= 11 is 0. The van der Waals surface area contributed by atoms with E-state index in [1.807, 2.05) is 66.7 Å². The molecule has 0 radical (unpaired) electrons. The maximum Gasteiger partial charge on any atom is 0.133 e. The molecule has 0 heterocycles. The second-order valence-corrected chi connectivity index (χ2v) is 23.3. The van der Waals surface area contributed by atoms with Crippen LogP contribution in [0.1, 0.15) is 180 Å². The molecule has 0 aromatic heterocycles. The smallest absolute Gasteiger partial charge is 0.133 e. The first kappa shape index (κ1) is 67.6. The van der Waals surface area contributed by atoms with Gasteiger partial charge in [-0.05, 0) is 68.6 Å². The molecule has 79 heavy (non-hydrogen) atoms. The van der Waals surface area contributed by atoms with Gasteiger partial charge in [0.25, 0.3) is 0 Å². The van der Waals surface area contributed by atoms with E-state index in [0.717, 1.165) is 77.0 Å². The van der Waals surface area contributed by atoms with Crippen molar-refractivity contribution in [3.05, 3.63) is 103 Å². The molecule has 2 aromatic rings. The summed E-state index contributed by atoms with van der Waals surface area (Å²) in [5, 5.41) is 92.3. The van der Waals surface area contributed by atoms with E-state index < -0.39 is 54.9 Å². The van der Waals surface area contributed by atoms with Crippen molar-refractivity contribution in [2.75, 3.05) is 6.61 Å². The number of aliphatic hydroxyl groups is 9. The summed E-state index contributed by atoms with van der Waals surface area (Å²) in [4.78, 5) is 36.6. The van der Waals surface area contributed by atoms with E-state index in [9.17, 15) is 60.3 Å². The van der Waals surface area contributed by atoms with Gasteiger partial charge in [0, 0.05) is 93.3 Å². The van der Waals surface area contributed by atoms with Gasteiger partial charge in [0.05, 0.1) is 48.8 Å². The zero-order valence-corrected chi connectivity index (χ0v) is 48.0. The van der Waals surface area contributed by atoms with Gasteiger partial charge in [-0.15, -0.1) is 0 Å². The standard InChI is InChI=1S/C23H34O4.C22H32O5.C21H36O4/c1-2-3-5-10-19(25)15-21-20(22(26)16-23(21)27)14-13-18(24)12-11-17-8-6-4-7-9-17;1-2-3-5-8-16(23)13-20-19(21(25)14-22(20)26)12-11-17(24)15-27-18-9-6-4-7-10-18;1-2-3-5-10-16(22)13-18-17(20(24)14-21(18)25)11-12-19(23)15-8-6-4-7-9-15/h4,6-9,13-14,18,20-24,26-27H,2-3,5,10-12,15-16H2,1H3;4,6-7,9-12,17,19-22,24-26H,2-3,5,8,13-15H2,1H3;11-12,15,17-21,23-25H,2-10,13-14H2,1H3/b14-13+;2*12-11+/t18-,20+,21+,22+,23-;17-,19-,20-,21-,22+;17-,18-,19-,20-,21+/m011/s1. The van der Waals surface area contributed by atoms with Crippen LogP contribution in [-0.4, -0.2) is 125 Å². The predicted molar refractivity (Wildman–Crippen MR) is 311 cm³/mol. The summed E-state index contributed by atoms with van der Waals surface area (Å²) in [6, 6.07) is 19.2. The summed E-state index contributed by atoms with van der Waals surface area (Å²) in [6.07, 6.45) is 24.1. The molecule has 0 amide bonds. The fourth-order valence-corrected chi connectivity index (χ4v) is 12.0. The minimum Gasteiger partial charge on any atom is -0.491 e. The Labute approximate surface area is 473 Å². The number of rotatable bonds is 31. The third-order valence-corrected chi connectivity index (χ3v) is 16.8. The Kier molecular flexibility index (Phi) is 32.5. The Bertz CT molecular complexity index is 1950. The van der Waals surface area contributed by atoms with Crippen molar-refractivity contribution in [1.29, 1.82) is 0 Å². The zero-order valence-electron chi connectivity index (χ0n) is 48.0. The van der Waals surface area contributed by atoms with Crippen molar-refractivity contribution in [2.24, 2.45) is 41.4 Å². The van der Waals surface area contributed by atoms with E-state index in [1.54, 1.807) is 30.4 Å². The topological polar surface area (TPSA) is 243 Å². The lowest BCUT2D eigenvalue weighted by Gasteiger charge is -2.25. The molecular formula is C66H102O13. The quantitative estimate of drug-likeness (QED) is 0.0253. The summed E-state index contributed by atoms with van der Waals surface area (Å²) in [7, 11) is 0. The minimum atomic E-state index is -0.823. The number of carbonyl (C=O) groups excluding carboxylic acids is 3. The van der Waals surface area contributed by atoms with Gasteiger partial charge in [-0.1, -0.05) is 164 Å². The second kappa shape index (κ2) is 38.0. The average Bonchev–Trinajstić information content (AvgIpc) is 4.02. The molecule has 4 saturated carbocycles. The average molecular weight is 1100 g/mol. The van der Waals surface area contributed by atoms with Crippen molar-refractivity contribution >= 4 is 17.3 Å². The first-order chi connectivity index (χ1) is 38.0. The molecule has 4 aliphatic carbocycles. The van der Waals surface area contributed by atoms with Crippen LogP contribution in [0.15, 0.2) is 97.1 Å². The Hall–Kier alpha value is -3.89. The molecule has 444 valence electrons. The number of Topliss-reactive ketones (excluding diaryl/α,β-unsaturated/α-hetero) is 3. The highest BCUT2D eigenvalue weighted by molar-refractivity contribution is 5.79. The lowest BCUT2D eigenvalue weighted by Crippen LogP contribution is -2.25. The number of benzene rings is 2. The molecule has 13 heteroatoms. The SMILES string of the molecule is CCCCCC(=O)C[C@@H]1[C@@H](/C=C/[C@@H](O)C2CCCCC2)[C@H](O)C[C@@H]1O.CCCCCC(=O)C[C@@H]1[C@@H](/C=C/[C@@H](O)CCc2ccccc2)[C@H](O)C[C@@H]1O.CCCCCC(=O)C[C@@H]1[C@@H](/C=C/[C@@H](O)COc2ccccc2)[C@H](O)C[C@@H]1O. The predicted octanol–water partition coefficient (Wildman–Crippen LogP) is 9.69. The lowest BCUT2D eigenvalue weighted by molar-refractivity contribution is -0.121. The van der Waals surface area contributed by atoms with Gasteiger partial charge in [-0.25, -0.2) is 0 Å². The monoisotopic (exact) mass is 1100 g/mol. The Morgan fingerprint density at radius 2 is 0.899 bits per heavy atom. The van der Waals surface area contributed by atoms with Crippen LogP contribution >= 0.6 is 0 Å². The molecule has 4 fully saturated rings. The summed E-state index contributed by atoms with van der Waals surface area (Å²) in [6.45, 7) is 6.41. The summed E-state index contributed by atoms with van der Waals surface area (Å²) in [5.41, 5.74) is 1.18.